The number of thioether (sulfide) groups is 1. The minimum absolute atomic E-state index is 0.119. The van der Waals surface area contributed by atoms with E-state index in [4.69, 9.17) is 11.5 Å². The zero-order chi connectivity index (χ0) is 14.0. The van der Waals surface area contributed by atoms with Crippen molar-refractivity contribution in [2.45, 2.75) is 36.4 Å². The Hall–Kier alpha value is -1.28. The quantitative estimate of drug-likeness (QED) is 0.634. The van der Waals surface area contributed by atoms with E-state index in [0.717, 1.165) is 25.0 Å². The largest absolute Gasteiger partial charge is 0.368 e. The summed E-state index contributed by atoms with van der Waals surface area (Å²) in [4.78, 5) is 22.7. The number of carbonyl (C=O) groups excluding carboxylic acids is 1. The van der Waals surface area contributed by atoms with Gasteiger partial charge in [0.2, 0.25) is 5.91 Å². The lowest BCUT2D eigenvalue weighted by atomic mass is 9.85. The Bertz CT molecular complexity index is 525. The van der Waals surface area contributed by atoms with Gasteiger partial charge < -0.3 is 11.5 Å². The molecule has 2 rings (SSSR count). The van der Waals surface area contributed by atoms with E-state index in [1.54, 1.807) is 7.05 Å². The Labute approximate surface area is 115 Å². The fraction of sp³-hybridized carbons (Fsp3) is 0.727. The molecule has 1 saturated carbocycles. The summed E-state index contributed by atoms with van der Waals surface area (Å²) in [7, 11) is 1.67. The number of hydrogen-bond acceptors (Lipinski definition) is 5. The first kappa shape index (κ1) is 14.1. The molecule has 19 heavy (non-hydrogen) atoms. The third-order valence-electron chi connectivity index (χ3n) is 3.87. The van der Waals surface area contributed by atoms with Gasteiger partial charge in [0, 0.05) is 12.8 Å². The number of primary amides is 1. The summed E-state index contributed by atoms with van der Waals surface area (Å²) < 4.78 is 1.46. The highest BCUT2D eigenvalue weighted by Gasteiger charge is 2.43. The van der Waals surface area contributed by atoms with Gasteiger partial charge in [-0.15, -0.1) is 5.10 Å². The first-order chi connectivity index (χ1) is 8.95. The van der Waals surface area contributed by atoms with Crippen LogP contribution < -0.4 is 17.2 Å². The molecule has 1 aromatic rings. The van der Waals surface area contributed by atoms with Gasteiger partial charge in [0.1, 0.15) is 0 Å². The highest BCUT2D eigenvalue weighted by molar-refractivity contribution is 7.99. The maximum absolute atomic E-state index is 11.5. The summed E-state index contributed by atoms with van der Waals surface area (Å²) in [6, 6.07) is 0. The Balaban J connectivity index is 1.91. The molecular formula is C11H19N5O2S. The molecule has 5 N–H and O–H groups in total. The second-order valence-corrected chi connectivity index (χ2v) is 6.06. The summed E-state index contributed by atoms with van der Waals surface area (Å²) in [6.07, 6.45) is 3.33. The summed E-state index contributed by atoms with van der Waals surface area (Å²) in [5.74, 6) is 0.468. The van der Waals surface area contributed by atoms with Gasteiger partial charge in [0.05, 0.1) is 5.54 Å². The van der Waals surface area contributed by atoms with E-state index in [1.807, 2.05) is 0 Å². The van der Waals surface area contributed by atoms with Crippen molar-refractivity contribution in [3.05, 3.63) is 10.5 Å². The molecule has 106 valence electrons. The number of aromatic nitrogens is 3. The number of nitrogens with zero attached hydrogens (tertiary/aromatic N) is 2. The Morgan fingerprint density at radius 2 is 2.42 bits per heavy atom. The fourth-order valence-corrected chi connectivity index (χ4v) is 3.55. The molecule has 0 aromatic carbocycles. The molecule has 1 fully saturated rings. The number of nitrogens with two attached hydrogens (primary N) is 2. The molecule has 0 aliphatic heterocycles. The number of amides is 1. The summed E-state index contributed by atoms with van der Waals surface area (Å²) in [6.45, 7) is 0. The fourth-order valence-electron chi connectivity index (χ4n) is 2.58. The highest BCUT2D eigenvalue weighted by Crippen LogP contribution is 2.36. The third-order valence-corrected chi connectivity index (χ3v) is 4.93. The van der Waals surface area contributed by atoms with Gasteiger partial charge in [0.25, 0.3) is 0 Å². The van der Waals surface area contributed by atoms with Crippen LogP contribution in [-0.4, -0.2) is 32.0 Å². The number of nitrogens with one attached hydrogen (secondary N) is 1. The van der Waals surface area contributed by atoms with Crippen LogP contribution in [0.15, 0.2) is 9.95 Å². The molecule has 2 atom stereocenters. The predicted molar refractivity (Wildman–Crippen MR) is 72.6 cm³/mol. The lowest BCUT2D eigenvalue weighted by molar-refractivity contribution is -0.124. The number of H-pyrrole nitrogens is 1. The second kappa shape index (κ2) is 5.38. The number of rotatable bonds is 5. The molecule has 7 nitrogen and oxygen atoms in total. The average molecular weight is 285 g/mol. The van der Waals surface area contributed by atoms with Crippen molar-refractivity contribution in [2.75, 3.05) is 5.75 Å². The third kappa shape index (κ3) is 2.69. The molecule has 1 aromatic heterocycles. The molecule has 1 aliphatic rings. The molecule has 0 radical (unpaired) electrons. The molecule has 0 spiro atoms. The zero-order valence-corrected chi connectivity index (χ0v) is 11.7. The van der Waals surface area contributed by atoms with Crippen molar-refractivity contribution in [1.82, 2.24) is 14.8 Å². The molecule has 1 aliphatic carbocycles. The van der Waals surface area contributed by atoms with Crippen molar-refractivity contribution in [3.63, 3.8) is 0 Å². The van der Waals surface area contributed by atoms with E-state index in [0.29, 0.717) is 11.6 Å². The van der Waals surface area contributed by atoms with Crippen LogP contribution in [0.3, 0.4) is 0 Å². The first-order valence-corrected chi connectivity index (χ1v) is 7.26. The van der Waals surface area contributed by atoms with E-state index < -0.39 is 11.4 Å². The van der Waals surface area contributed by atoms with Crippen LogP contribution in [0.1, 0.15) is 25.7 Å². The van der Waals surface area contributed by atoms with Crippen molar-refractivity contribution in [3.8, 4) is 0 Å². The lowest BCUT2D eigenvalue weighted by Gasteiger charge is -2.27. The minimum Gasteiger partial charge on any atom is -0.368 e. The van der Waals surface area contributed by atoms with Crippen LogP contribution in [0, 0.1) is 5.92 Å². The first-order valence-electron chi connectivity index (χ1n) is 6.28. The van der Waals surface area contributed by atoms with Crippen LogP contribution in [0.2, 0.25) is 0 Å². The second-order valence-electron chi connectivity index (χ2n) is 5.00. The van der Waals surface area contributed by atoms with Crippen LogP contribution in [0.4, 0.5) is 0 Å². The highest BCUT2D eigenvalue weighted by atomic mass is 32.2. The van der Waals surface area contributed by atoms with Gasteiger partial charge in [0.15, 0.2) is 5.16 Å². The van der Waals surface area contributed by atoms with Crippen LogP contribution in [0.5, 0.6) is 0 Å². The monoisotopic (exact) mass is 285 g/mol. The Morgan fingerprint density at radius 1 is 1.68 bits per heavy atom. The zero-order valence-electron chi connectivity index (χ0n) is 10.9. The standard InChI is InChI=1S/C11H19N5O2S/c1-16-9(18)14-15-10(16)19-6-4-7-3-2-5-11(7,13)8(12)17/h7H,2-6,13H2,1H3,(H2,12,17)(H,14,18). The molecule has 1 heterocycles. The van der Waals surface area contributed by atoms with Crippen LogP contribution in [0.25, 0.3) is 0 Å². The maximum Gasteiger partial charge on any atom is 0.343 e. The summed E-state index contributed by atoms with van der Waals surface area (Å²) in [5.41, 5.74) is 10.4. The van der Waals surface area contributed by atoms with E-state index in [-0.39, 0.29) is 11.6 Å². The van der Waals surface area contributed by atoms with Gasteiger partial charge in [-0.05, 0) is 25.2 Å². The molecule has 2 unspecified atom stereocenters. The van der Waals surface area contributed by atoms with E-state index >= 15 is 0 Å². The van der Waals surface area contributed by atoms with E-state index in [1.165, 1.54) is 16.3 Å². The van der Waals surface area contributed by atoms with E-state index in [9.17, 15) is 9.59 Å². The van der Waals surface area contributed by atoms with Crippen molar-refractivity contribution in [2.24, 2.45) is 24.4 Å². The SMILES string of the molecule is Cn1c(SCCC2CCCC2(N)C(N)=O)n[nH]c1=O. The van der Waals surface area contributed by atoms with Crippen LogP contribution in [-0.2, 0) is 11.8 Å². The van der Waals surface area contributed by atoms with Gasteiger partial charge in [-0.2, -0.15) is 0 Å². The van der Waals surface area contributed by atoms with E-state index in [2.05, 4.69) is 10.2 Å². The smallest absolute Gasteiger partial charge is 0.343 e. The average Bonchev–Trinajstić information content (AvgIpc) is 2.88. The summed E-state index contributed by atoms with van der Waals surface area (Å²) in [5, 5.41) is 6.95. The minimum atomic E-state index is -0.863. The lowest BCUT2D eigenvalue weighted by Crippen LogP contribution is -2.54. The number of carbonyl (C=O) groups is 1. The van der Waals surface area contributed by atoms with Gasteiger partial charge in [-0.3, -0.25) is 9.36 Å². The maximum atomic E-state index is 11.5. The van der Waals surface area contributed by atoms with Gasteiger partial charge in [-0.25, -0.2) is 9.89 Å². The van der Waals surface area contributed by atoms with Crippen molar-refractivity contribution < 1.29 is 4.79 Å². The Morgan fingerprint density at radius 3 is 3.00 bits per heavy atom. The molecular weight excluding hydrogens is 266 g/mol. The molecule has 1 amide bonds. The number of hydrogen-bond donors (Lipinski definition) is 3. The molecule has 0 saturated heterocycles. The van der Waals surface area contributed by atoms with Gasteiger partial charge >= 0.3 is 5.69 Å². The normalized spacial score (nSPS) is 26.7. The molecule has 0 bridgehead atoms. The predicted octanol–water partition coefficient (Wildman–Crippen LogP) is -0.426. The Kier molecular flexibility index (Phi) is 4.00. The molecule has 8 heteroatoms. The van der Waals surface area contributed by atoms with Crippen molar-refractivity contribution >= 4 is 17.7 Å². The topological polar surface area (TPSA) is 120 Å². The van der Waals surface area contributed by atoms with Crippen LogP contribution >= 0.6 is 11.8 Å². The van der Waals surface area contributed by atoms with Crippen molar-refractivity contribution in [1.29, 1.82) is 0 Å². The number of aromatic amines is 1. The summed E-state index contributed by atoms with van der Waals surface area (Å²) >= 11 is 1.48. The van der Waals surface area contributed by atoms with Gasteiger partial charge in [-0.1, -0.05) is 18.2 Å².